The van der Waals surface area contributed by atoms with Gasteiger partial charge in [0.2, 0.25) is 0 Å². The van der Waals surface area contributed by atoms with Crippen molar-refractivity contribution in [3.8, 4) is 11.5 Å². The highest BCUT2D eigenvalue weighted by atomic mass is 32.2. The van der Waals surface area contributed by atoms with Crippen molar-refractivity contribution in [1.29, 1.82) is 0 Å². The molecule has 0 spiro atoms. The molecule has 6 rings (SSSR count). The topological polar surface area (TPSA) is 524 Å². The number of amides is 2. The van der Waals surface area contributed by atoms with Gasteiger partial charge in [0.05, 0.1) is 75.4 Å². The summed E-state index contributed by atoms with van der Waals surface area (Å²) < 4.78 is 69.0. The van der Waals surface area contributed by atoms with Crippen molar-refractivity contribution >= 4 is 93.9 Å². The zero-order chi connectivity index (χ0) is 62.7. The molecule has 0 heterocycles. The number of hydrogen-bond acceptors (Lipinski definition) is 25. The van der Waals surface area contributed by atoms with Crippen LogP contribution in [0, 0.1) is 0 Å². The van der Waals surface area contributed by atoms with Crippen molar-refractivity contribution in [2.24, 2.45) is 20.5 Å². The van der Waals surface area contributed by atoms with Gasteiger partial charge in [-0.1, -0.05) is 0 Å². The van der Waals surface area contributed by atoms with E-state index in [9.17, 15) is 50.5 Å². The number of aliphatic hydroxyl groups excluding tert-OH is 8. The molecule has 0 saturated carbocycles. The Hall–Kier alpha value is -7.81. The molecule has 33 heteroatoms. The molecule has 0 aliphatic carbocycles. The lowest BCUT2D eigenvalue weighted by molar-refractivity contribution is 0.0686. The molecule has 0 bridgehead atoms. The zero-order valence-electron chi connectivity index (χ0n) is 44.8. The molecular weight excluding hydrogens is 1150 g/mol. The second-order valence-corrected chi connectivity index (χ2v) is 19.2. The van der Waals surface area contributed by atoms with Crippen molar-refractivity contribution in [2.75, 3.05) is 116 Å². The van der Waals surface area contributed by atoms with Gasteiger partial charge in [-0.25, -0.2) is 14.4 Å². The fourth-order valence-corrected chi connectivity index (χ4v) is 7.74. The van der Waals surface area contributed by atoms with Crippen LogP contribution in [0.25, 0.3) is 21.5 Å². The molecule has 31 nitrogen and oxygen atoms in total. The Morgan fingerprint density at radius 3 is 0.905 bits per heavy atom. The van der Waals surface area contributed by atoms with E-state index in [0.29, 0.717) is 52.4 Å². The van der Waals surface area contributed by atoms with Gasteiger partial charge in [0.1, 0.15) is 21.2 Å². The number of fused-ring (bicyclic) bond motifs is 2. The van der Waals surface area contributed by atoms with E-state index in [1.54, 1.807) is 0 Å². The van der Waals surface area contributed by atoms with Crippen molar-refractivity contribution in [2.45, 2.75) is 9.79 Å². The molecule has 0 fully saturated rings. The summed E-state index contributed by atoms with van der Waals surface area (Å²) in [6.45, 7) is 5.67. The van der Waals surface area contributed by atoms with Crippen molar-refractivity contribution in [3.63, 3.8) is 0 Å². The minimum atomic E-state index is -4.99. The molecule has 0 aliphatic rings. The Morgan fingerprint density at radius 1 is 0.393 bits per heavy atom. The number of carboxylic acids is 2. The molecule has 0 unspecified atom stereocenters. The molecule has 84 heavy (non-hydrogen) atoms. The third kappa shape index (κ3) is 25.8. The Bertz CT molecular complexity index is 3050. The van der Waals surface area contributed by atoms with Crippen LogP contribution < -0.4 is 31.9 Å². The number of aromatic hydroxyl groups is 2. The molecule has 0 radical (unpaired) electrons. The average Bonchev–Trinajstić information content (AvgIpc) is 1.38. The minimum absolute atomic E-state index is 0.0403. The van der Waals surface area contributed by atoms with Gasteiger partial charge in [-0.05, 0) is 108 Å². The Morgan fingerprint density at radius 2 is 0.667 bits per heavy atom. The summed E-state index contributed by atoms with van der Waals surface area (Å²) in [5.41, 5.74) is -0.905. The van der Waals surface area contributed by atoms with Gasteiger partial charge in [0.15, 0.2) is 11.5 Å². The predicted octanol–water partition coefficient (Wildman–Crippen LogP) is 2.01. The number of phenolic OH excluding ortho intramolecular Hbond substituents is 2. The lowest BCUT2D eigenvalue weighted by Crippen LogP contribution is -2.21. The molecule has 2 amide bonds. The second-order valence-electron chi connectivity index (χ2n) is 16.4. The lowest BCUT2D eigenvalue weighted by Gasteiger charge is -2.13. The fraction of sp³-hybridized carbons (Fsp3) is 0.314. The second kappa shape index (κ2) is 38.9. The largest absolute Gasteiger partial charge is 0.505 e. The number of phenols is 2. The van der Waals surface area contributed by atoms with E-state index < -0.39 is 70.9 Å². The van der Waals surface area contributed by atoms with Gasteiger partial charge in [0.25, 0.3) is 20.2 Å². The number of hydrogen-bond donors (Lipinski definition) is 20. The van der Waals surface area contributed by atoms with E-state index >= 15 is 0 Å². The molecule has 6 aromatic rings. The van der Waals surface area contributed by atoms with Crippen LogP contribution in [0.1, 0.15) is 20.7 Å². The molecule has 0 aliphatic heterocycles. The predicted molar refractivity (Wildman–Crippen MR) is 307 cm³/mol. The maximum atomic E-state index is 13.0. The molecule has 460 valence electrons. The van der Waals surface area contributed by atoms with Gasteiger partial charge in [0, 0.05) is 74.5 Å². The number of nitrogens with zero attached hydrogens (tertiary/aromatic N) is 4. The summed E-state index contributed by atoms with van der Waals surface area (Å²) in [5, 5.41) is 137. The lowest BCUT2D eigenvalue weighted by atomic mass is 10.1. The van der Waals surface area contributed by atoms with Crippen LogP contribution >= 0.6 is 0 Å². The van der Waals surface area contributed by atoms with Gasteiger partial charge < -0.3 is 93.2 Å². The first-order chi connectivity index (χ1) is 40.0. The number of azo groups is 2. The summed E-state index contributed by atoms with van der Waals surface area (Å²) in [7, 11) is -9.99. The smallest absolute Gasteiger partial charge is 0.335 e. The third-order valence-electron chi connectivity index (χ3n) is 10.2. The normalized spacial score (nSPS) is 11.2. The highest BCUT2D eigenvalue weighted by Crippen LogP contribution is 2.43. The summed E-state index contributed by atoms with van der Waals surface area (Å²) >= 11 is 0. The van der Waals surface area contributed by atoms with E-state index in [0.717, 1.165) is 12.1 Å². The average molecular weight is 1220 g/mol. The minimum Gasteiger partial charge on any atom is -0.505 e. The molecular formula is C51H68N10O21S2. The van der Waals surface area contributed by atoms with Crippen molar-refractivity contribution in [3.05, 3.63) is 108 Å². The zero-order valence-corrected chi connectivity index (χ0v) is 46.4. The summed E-state index contributed by atoms with van der Waals surface area (Å²) in [6.07, 6.45) is 0. The highest BCUT2D eigenvalue weighted by Gasteiger charge is 2.24. The van der Waals surface area contributed by atoms with E-state index in [2.05, 4.69) is 52.4 Å². The molecule has 0 aromatic heterocycles. The van der Waals surface area contributed by atoms with E-state index in [1.807, 2.05) is 0 Å². The first-order valence-electron chi connectivity index (χ1n) is 24.9. The Labute approximate surface area is 480 Å². The fourth-order valence-electron chi connectivity index (χ4n) is 6.43. The third-order valence-corrected chi connectivity index (χ3v) is 12.0. The number of carbonyl (C=O) groups is 3. The molecule has 20 N–H and O–H groups in total. The van der Waals surface area contributed by atoms with E-state index in [1.165, 1.54) is 84.9 Å². The van der Waals surface area contributed by atoms with Crippen LogP contribution in [0.5, 0.6) is 11.5 Å². The number of aromatic carboxylic acids is 2. The first kappa shape index (κ1) is 72.3. The van der Waals surface area contributed by atoms with Crippen LogP contribution in [-0.2, 0) is 20.2 Å². The molecule has 0 atom stereocenters. The number of nitrogens with one attached hydrogen (secondary N) is 6. The maximum Gasteiger partial charge on any atom is 0.335 e. The Balaban J connectivity index is 0.000000706. The first-order valence-corrected chi connectivity index (χ1v) is 27.8. The SMILES string of the molecule is O=C(Nc1ccc2c(O)c(N=Nc3ccc(C(=O)O)cc3)c(S(=O)(=O)O)cc2c1)Nc1ccc2c(O)c(N=Nc3ccc(C(=O)O)cc3)c(S(=O)(=O)O)cc2c1.OCCNCCO.OCCNCCO.OCCNCCO.OCCNCCO. The van der Waals surface area contributed by atoms with Crippen LogP contribution in [0.15, 0.2) is 127 Å². The number of anilines is 2. The van der Waals surface area contributed by atoms with E-state index in [-0.39, 0.29) is 108 Å². The van der Waals surface area contributed by atoms with E-state index in [4.69, 9.17) is 51.1 Å². The number of carbonyl (C=O) groups excluding carboxylic acids is 1. The number of aliphatic hydroxyl groups is 8. The van der Waals surface area contributed by atoms with Gasteiger partial charge >= 0.3 is 18.0 Å². The number of carboxylic acid groups (broad SMARTS) is 2. The number of benzene rings is 6. The maximum absolute atomic E-state index is 13.0. The number of urea groups is 1. The van der Waals surface area contributed by atoms with Gasteiger partial charge in [-0.15, -0.1) is 10.2 Å². The van der Waals surface area contributed by atoms with Crippen molar-refractivity contribution in [1.82, 2.24) is 21.3 Å². The van der Waals surface area contributed by atoms with Crippen LogP contribution in [0.4, 0.5) is 38.9 Å². The van der Waals surface area contributed by atoms with Gasteiger partial charge in [-0.2, -0.15) is 27.1 Å². The monoisotopic (exact) mass is 1220 g/mol. The van der Waals surface area contributed by atoms with Crippen LogP contribution in [0.2, 0.25) is 0 Å². The summed E-state index contributed by atoms with van der Waals surface area (Å²) in [6, 6.07) is 19.1. The van der Waals surface area contributed by atoms with Gasteiger partial charge in [-0.3, -0.25) is 9.11 Å². The summed E-state index contributed by atoms with van der Waals surface area (Å²) in [4.78, 5) is 33.5. The van der Waals surface area contributed by atoms with Crippen LogP contribution in [-0.4, -0.2) is 210 Å². The Kier molecular flexibility index (Phi) is 33.4. The number of rotatable bonds is 26. The van der Waals surface area contributed by atoms with Crippen molar-refractivity contribution < 1.29 is 102 Å². The molecule has 6 aromatic carbocycles. The molecule has 0 saturated heterocycles. The van der Waals surface area contributed by atoms with Crippen LogP contribution in [0.3, 0.4) is 0 Å². The quantitative estimate of drug-likeness (QED) is 0.0210. The summed E-state index contributed by atoms with van der Waals surface area (Å²) in [5.74, 6) is -3.73. The highest BCUT2D eigenvalue weighted by molar-refractivity contribution is 7.86. The standard InChI is InChI=1S/C35H24N6O13S2.4C4H11NO2/c42-31-25-11-9-23(13-19(25)15-27(55(49,50)51)29(31)40-38-21-5-1-17(2-6-21)33(44)45)36-35(48)37-24-10-12-26-20(14-24)16-28(56(52,53)54)30(32(26)43)41-39-22-7-3-18(4-8-22)34(46)47;4*6-3-1-5-2-4-7/h1-16,42-43H,(H,44,45)(H,46,47)(H2,36,37,48)(H,49,50,51)(H,52,53,54);4*5-7H,1-4H2.